The van der Waals surface area contributed by atoms with E-state index < -0.39 is 29.0 Å². The molecule has 0 aliphatic carbocycles. The molecule has 0 spiro atoms. The van der Waals surface area contributed by atoms with Crippen LogP contribution in [0.3, 0.4) is 0 Å². The second-order valence-corrected chi connectivity index (χ2v) is 6.50. The molecule has 2 aromatic rings. The largest absolute Gasteiger partial charge is 0.353 e. The summed E-state index contributed by atoms with van der Waals surface area (Å²) in [6.45, 7) is 1.68. The molecule has 3 nitrogen and oxygen atoms in total. The van der Waals surface area contributed by atoms with E-state index in [1.165, 1.54) is 12.1 Å². The van der Waals surface area contributed by atoms with Crippen molar-refractivity contribution >= 4 is 17.2 Å². The minimum absolute atomic E-state index is 0.0151. The normalized spacial score (nSPS) is 15.9. The van der Waals surface area contributed by atoms with Crippen molar-refractivity contribution in [3.63, 3.8) is 0 Å². The third-order valence-corrected chi connectivity index (χ3v) is 4.62. The first kappa shape index (κ1) is 18.4. The molecule has 1 heterocycles. The minimum Gasteiger partial charge on any atom is -0.353 e. The molecular formula is C19H18F4N2O. The number of rotatable bonds is 4. The van der Waals surface area contributed by atoms with Crippen LogP contribution in [0.15, 0.2) is 30.3 Å². The molecule has 1 fully saturated rings. The Bertz CT molecular complexity index is 833. The molecule has 0 bridgehead atoms. The zero-order chi connectivity index (χ0) is 18.8. The lowest BCUT2D eigenvalue weighted by Crippen LogP contribution is -2.33. The van der Waals surface area contributed by atoms with Gasteiger partial charge in [0, 0.05) is 23.2 Å². The fourth-order valence-electron chi connectivity index (χ4n) is 3.08. The molecule has 0 unspecified atom stereocenters. The van der Waals surface area contributed by atoms with E-state index in [4.69, 9.17) is 0 Å². The monoisotopic (exact) mass is 366 g/mol. The van der Waals surface area contributed by atoms with Crippen molar-refractivity contribution < 1.29 is 22.4 Å². The van der Waals surface area contributed by atoms with Crippen LogP contribution in [0, 0.1) is 29.2 Å². The smallest absolute Gasteiger partial charge is 0.199 e. The molecule has 26 heavy (non-hydrogen) atoms. The summed E-state index contributed by atoms with van der Waals surface area (Å²) >= 11 is 0. The van der Waals surface area contributed by atoms with Gasteiger partial charge in [0.25, 0.3) is 0 Å². The summed E-state index contributed by atoms with van der Waals surface area (Å²) in [6.07, 6.45) is 1.52. The highest BCUT2D eigenvalue weighted by molar-refractivity contribution is 5.98. The Balaban J connectivity index is 1.81. The van der Waals surface area contributed by atoms with E-state index in [-0.39, 0.29) is 17.4 Å². The highest BCUT2D eigenvalue weighted by Gasteiger charge is 2.24. The minimum atomic E-state index is -1.88. The number of benzene rings is 2. The molecule has 0 aromatic heterocycles. The number of hydrogen-bond acceptors (Lipinski definition) is 3. The van der Waals surface area contributed by atoms with E-state index in [2.05, 4.69) is 10.2 Å². The summed E-state index contributed by atoms with van der Waals surface area (Å²) in [4.78, 5) is 14.8. The summed E-state index contributed by atoms with van der Waals surface area (Å²) in [5.74, 6) is -6.86. The second-order valence-electron chi connectivity index (χ2n) is 6.50. The molecule has 2 aromatic carbocycles. The third kappa shape index (κ3) is 3.72. The van der Waals surface area contributed by atoms with Crippen LogP contribution in [0.25, 0.3) is 0 Å². The number of nitrogens with zero attached hydrogens (tertiary/aromatic N) is 1. The number of anilines is 2. The number of carbonyl (C=O) groups excluding carboxylic acids is 1. The highest BCUT2D eigenvalue weighted by Crippen LogP contribution is 2.27. The van der Waals surface area contributed by atoms with Crippen molar-refractivity contribution in [3.8, 4) is 0 Å². The molecule has 138 valence electrons. The molecule has 0 saturated carbocycles. The Hall–Kier alpha value is -2.41. The Morgan fingerprint density at radius 2 is 1.73 bits per heavy atom. The first-order valence-corrected chi connectivity index (χ1v) is 8.29. The maximum absolute atomic E-state index is 13.8. The summed E-state index contributed by atoms with van der Waals surface area (Å²) < 4.78 is 53.5. The van der Waals surface area contributed by atoms with Gasteiger partial charge in [-0.15, -0.1) is 0 Å². The number of piperidine rings is 1. The van der Waals surface area contributed by atoms with Crippen LogP contribution in [0.1, 0.15) is 23.2 Å². The first-order chi connectivity index (χ1) is 12.4. The average molecular weight is 366 g/mol. The number of nitrogens with one attached hydrogen (secondary N) is 1. The van der Waals surface area contributed by atoms with Gasteiger partial charge in [-0.25, -0.2) is 17.6 Å². The van der Waals surface area contributed by atoms with Gasteiger partial charge in [-0.05, 0) is 45.1 Å². The standard InChI is InChI=1S/C19H18F4N2O/c1-25-7-5-11(6-8-25)19(26)12-3-2-4-13(9-12)24-15-10-14(20)16(21)18(23)17(15)22/h2-4,9-11,24H,5-8H2,1H3. The van der Waals surface area contributed by atoms with Crippen molar-refractivity contribution in [3.05, 3.63) is 59.2 Å². The summed E-state index contributed by atoms with van der Waals surface area (Å²) in [7, 11) is 2.00. The number of hydrogen-bond donors (Lipinski definition) is 1. The Labute approximate surface area is 148 Å². The van der Waals surface area contributed by atoms with Crippen molar-refractivity contribution in [2.75, 3.05) is 25.5 Å². The molecule has 1 aliphatic heterocycles. The van der Waals surface area contributed by atoms with E-state index >= 15 is 0 Å². The van der Waals surface area contributed by atoms with Crippen LogP contribution in [0.5, 0.6) is 0 Å². The second kappa shape index (κ2) is 7.45. The first-order valence-electron chi connectivity index (χ1n) is 8.29. The van der Waals surface area contributed by atoms with Gasteiger partial charge in [0.05, 0.1) is 5.69 Å². The molecule has 1 aliphatic rings. The zero-order valence-corrected chi connectivity index (χ0v) is 14.2. The van der Waals surface area contributed by atoms with E-state index in [0.29, 0.717) is 11.6 Å². The van der Waals surface area contributed by atoms with Gasteiger partial charge in [-0.3, -0.25) is 4.79 Å². The molecule has 7 heteroatoms. The number of carbonyl (C=O) groups is 1. The summed E-state index contributed by atoms with van der Waals surface area (Å²) in [6, 6.07) is 6.81. The third-order valence-electron chi connectivity index (χ3n) is 4.62. The Morgan fingerprint density at radius 1 is 1.04 bits per heavy atom. The fraction of sp³-hybridized carbons (Fsp3) is 0.316. The average Bonchev–Trinajstić information content (AvgIpc) is 2.64. The lowest BCUT2D eigenvalue weighted by molar-refractivity contribution is 0.0857. The van der Waals surface area contributed by atoms with Crippen molar-refractivity contribution in [2.24, 2.45) is 5.92 Å². The molecule has 1 N–H and O–H groups in total. The molecule has 0 radical (unpaired) electrons. The predicted octanol–water partition coefficient (Wildman–Crippen LogP) is 4.51. The predicted molar refractivity (Wildman–Crippen MR) is 90.6 cm³/mol. The quantitative estimate of drug-likeness (QED) is 0.374. The van der Waals surface area contributed by atoms with E-state index in [1.54, 1.807) is 12.1 Å². The van der Waals surface area contributed by atoms with Gasteiger partial charge in [0.15, 0.2) is 29.1 Å². The molecular weight excluding hydrogens is 348 g/mol. The molecule has 3 rings (SSSR count). The van der Waals surface area contributed by atoms with Crippen LogP contribution >= 0.6 is 0 Å². The van der Waals surface area contributed by atoms with Crippen LogP contribution in [0.4, 0.5) is 28.9 Å². The lowest BCUT2D eigenvalue weighted by Gasteiger charge is -2.28. The Morgan fingerprint density at radius 3 is 2.42 bits per heavy atom. The lowest BCUT2D eigenvalue weighted by atomic mass is 9.89. The SMILES string of the molecule is CN1CCC(C(=O)c2cccc(Nc3cc(F)c(F)c(F)c3F)c2)CC1. The number of ketones is 1. The van der Waals surface area contributed by atoms with Gasteiger partial charge in [-0.2, -0.15) is 0 Å². The van der Waals surface area contributed by atoms with Gasteiger partial charge in [-0.1, -0.05) is 12.1 Å². The van der Waals surface area contributed by atoms with Crippen LogP contribution in [-0.4, -0.2) is 30.8 Å². The van der Waals surface area contributed by atoms with E-state index in [0.717, 1.165) is 25.9 Å². The van der Waals surface area contributed by atoms with Gasteiger partial charge in [0.1, 0.15) is 0 Å². The number of likely N-dealkylation sites (tertiary alicyclic amines) is 1. The van der Waals surface area contributed by atoms with E-state index in [9.17, 15) is 22.4 Å². The molecule has 1 saturated heterocycles. The van der Waals surface area contributed by atoms with Gasteiger partial charge >= 0.3 is 0 Å². The van der Waals surface area contributed by atoms with Gasteiger partial charge in [0.2, 0.25) is 0 Å². The van der Waals surface area contributed by atoms with Gasteiger partial charge < -0.3 is 10.2 Å². The van der Waals surface area contributed by atoms with Crippen LogP contribution in [-0.2, 0) is 0 Å². The van der Waals surface area contributed by atoms with Crippen LogP contribution in [0.2, 0.25) is 0 Å². The maximum Gasteiger partial charge on any atom is 0.199 e. The summed E-state index contributed by atoms with van der Waals surface area (Å²) in [5, 5.41) is 2.50. The molecule has 0 amide bonds. The summed E-state index contributed by atoms with van der Waals surface area (Å²) in [5.41, 5.74) is 0.186. The van der Waals surface area contributed by atoms with Crippen molar-refractivity contribution in [1.29, 1.82) is 0 Å². The Kier molecular flexibility index (Phi) is 5.27. The zero-order valence-electron chi connectivity index (χ0n) is 14.2. The van der Waals surface area contributed by atoms with E-state index in [1.807, 2.05) is 7.05 Å². The van der Waals surface area contributed by atoms with Crippen molar-refractivity contribution in [2.45, 2.75) is 12.8 Å². The maximum atomic E-state index is 13.8. The van der Waals surface area contributed by atoms with Crippen molar-refractivity contribution in [1.82, 2.24) is 4.90 Å². The topological polar surface area (TPSA) is 32.3 Å². The molecule has 0 atom stereocenters. The number of halogens is 4. The number of Topliss-reactive ketones (excluding diaryl/α,β-unsaturated/α-hetero) is 1. The highest BCUT2D eigenvalue weighted by atomic mass is 19.2. The van der Waals surface area contributed by atoms with Crippen LogP contribution < -0.4 is 5.32 Å². The fourth-order valence-corrected chi connectivity index (χ4v) is 3.08.